The molecule has 1 aromatic carbocycles. The number of amides is 1. The van der Waals surface area contributed by atoms with Crippen molar-refractivity contribution in [1.82, 2.24) is 9.88 Å². The van der Waals surface area contributed by atoms with Crippen LogP contribution in [0.3, 0.4) is 0 Å². The number of piperidine rings is 1. The minimum absolute atomic E-state index is 0.105. The van der Waals surface area contributed by atoms with Gasteiger partial charge in [-0.15, -0.1) is 11.3 Å². The highest BCUT2D eigenvalue weighted by atomic mass is 32.1. The third-order valence-electron chi connectivity index (χ3n) is 4.14. The van der Waals surface area contributed by atoms with E-state index in [9.17, 15) is 4.79 Å². The fourth-order valence-corrected chi connectivity index (χ4v) is 4.04. The third-order valence-corrected chi connectivity index (χ3v) is 4.94. The lowest BCUT2D eigenvalue weighted by atomic mass is 9.92. The van der Waals surface area contributed by atoms with E-state index in [1.165, 1.54) is 17.8 Å². The number of nitrogens with zero attached hydrogens (tertiary/aromatic N) is 2. The Morgan fingerprint density at radius 1 is 1.26 bits per heavy atom. The van der Waals surface area contributed by atoms with Crippen molar-refractivity contribution in [3.8, 4) is 0 Å². The zero-order valence-electron chi connectivity index (χ0n) is 13.7. The predicted octanol–water partition coefficient (Wildman–Crippen LogP) is 3.87. The molecule has 2 atom stereocenters. The molecular formula is C18H23N3OS. The quantitative estimate of drug-likeness (QED) is 0.926. The van der Waals surface area contributed by atoms with E-state index in [-0.39, 0.29) is 5.91 Å². The number of thiazole rings is 1. The summed E-state index contributed by atoms with van der Waals surface area (Å²) >= 11 is 1.49. The normalized spacial score (nSPS) is 22.0. The number of likely N-dealkylation sites (tertiary alicyclic amines) is 1. The van der Waals surface area contributed by atoms with Crippen molar-refractivity contribution in [2.24, 2.45) is 11.8 Å². The summed E-state index contributed by atoms with van der Waals surface area (Å²) in [5.41, 5.74) is 1.70. The molecule has 0 unspecified atom stereocenters. The molecular weight excluding hydrogens is 306 g/mol. The number of hydrogen-bond acceptors (Lipinski definition) is 4. The summed E-state index contributed by atoms with van der Waals surface area (Å²) in [6, 6.07) is 9.24. The molecule has 0 saturated carbocycles. The molecule has 0 radical (unpaired) electrons. The number of carbonyl (C=O) groups excluding carboxylic acids is 1. The second-order valence-electron chi connectivity index (χ2n) is 6.60. The molecule has 1 aromatic heterocycles. The Bertz CT molecular complexity index is 645. The van der Waals surface area contributed by atoms with Crippen LogP contribution in [-0.4, -0.2) is 28.9 Å². The first kappa shape index (κ1) is 16.1. The van der Waals surface area contributed by atoms with Crippen molar-refractivity contribution in [2.75, 3.05) is 18.4 Å². The van der Waals surface area contributed by atoms with Crippen LogP contribution >= 0.6 is 11.3 Å². The summed E-state index contributed by atoms with van der Waals surface area (Å²) in [6.07, 6.45) is 1.31. The van der Waals surface area contributed by atoms with Gasteiger partial charge in [-0.2, -0.15) is 0 Å². The number of nitrogens with one attached hydrogen (secondary N) is 1. The highest BCUT2D eigenvalue weighted by molar-refractivity contribution is 7.13. The maximum absolute atomic E-state index is 12.1. The molecule has 0 aliphatic carbocycles. The third kappa shape index (κ3) is 4.39. The van der Waals surface area contributed by atoms with Gasteiger partial charge in [0.25, 0.3) is 5.91 Å². The van der Waals surface area contributed by atoms with Crippen LogP contribution in [0.4, 0.5) is 5.13 Å². The van der Waals surface area contributed by atoms with Gasteiger partial charge in [0.1, 0.15) is 0 Å². The Labute approximate surface area is 141 Å². The van der Waals surface area contributed by atoms with Crippen LogP contribution in [0.15, 0.2) is 35.7 Å². The van der Waals surface area contributed by atoms with E-state index in [0.29, 0.717) is 10.7 Å². The van der Waals surface area contributed by atoms with E-state index in [4.69, 9.17) is 0 Å². The summed E-state index contributed by atoms with van der Waals surface area (Å²) in [4.78, 5) is 19.2. The number of anilines is 1. The van der Waals surface area contributed by atoms with Crippen molar-refractivity contribution in [2.45, 2.75) is 26.8 Å². The van der Waals surface area contributed by atoms with Crippen LogP contribution in [0.5, 0.6) is 0 Å². The molecule has 5 heteroatoms. The average Bonchev–Trinajstić information content (AvgIpc) is 2.94. The molecule has 1 aliphatic rings. The second-order valence-corrected chi connectivity index (χ2v) is 7.46. The van der Waals surface area contributed by atoms with Crippen LogP contribution in [0.1, 0.15) is 36.3 Å². The standard InChI is InChI=1S/C18H23N3OS/c1-13-8-14(2)10-21(9-13)11-16-12-23-18(19-16)20-17(22)15-6-4-3-5-7-15/h3-7,12-14H,8-11H2,1-2H3,(H,19,20,22)/t13-,14+. The lowest BCUT2D eigenvalue weighted by Crippen LogP contribution is -2.38. The van der Waals surface area contributed by atoms with E-state index in [0.717, 1.165) is 37.2 Å². The number of rotatable bonds is 4. The molecule has 1 N–H and O–H groups in total. The molecule has 4 nitrogen and oxygen atoms in total. The highest BCUT2D eigenvalue weighted by Gasteiger charge is 2.22. The minimum Gasteiger partial charge on any atom is -0.298 e. The summed E-state index contributed by atoms with van der Waals surface area (Å²) in [7, 11) is 0. The van der Waals surface area contributed by atoms with Crippen LogP contribution in [0, 0.1) is 11.8 Å². The zero-order valence-corrected chi connectivity index (χ0v) is 14.5. The first-order valence-corrected chi connectivity index (χ1v) is 9.01. The van der Waals surface area contributed by atoms with Gasteiger partial charge in [-0.1, -0.05) is 32.0 Å². The van der Waals surface area contributed by atoms with Gasteiger partial charge < -0.3 is 0 Å². The first-order chi connectivity index (χ1) is 11.1. The molecule has 1 saturated heterocycles. The monoisotopic (exact) mass is 329 g/mol. The van der Waals surface area contributed by atoms with Crippen LogP contribution in [0.2, 0.25) is 0 Å². The number of benzene rings is 1. The average molecular weight is 329 g/mol. The van der Waals surface area contributed by atoms with Gasteiger partial charge in [-0.3, -0.25) is 15.0 Å². The number of hydrogen-bond donors (Lipinski definition) is 1. The van der Waals surface area contributed by atoms with E-state index in [1.54, 1.807) is 12.1 Å². The lowest BCUT2D eigenvalue weighted by Gasteiger charge is -2.34. The van der Waals surface area contributed by atoms with Crippen molar-refractivity contribution in [1.29, 1.82) is 0 Å². The van der Waals surface area contributed by atoms with Gasteiger partial charge in [0.15, 0.2) is 5.13 Å². The van der Waals surface area contributed by atoms with Gasteiger partial charge in [0.2, 0.25) is 0 Å². The fourth-order valence-electron chi connectivity index (χ4n) is 3.35. The summed E-state index contributed by atoms with van der Waals surface area (Å²) in [5.74, 6) is 1.39. The van der Waals surface area contributed by atoms with Gasteiger partial charge in [-0.25, -0.2) is 4.98 Å². The summed E-state index contributed by atoms with van der Waals surface area (Å²) in [6.45, 7) is 7.76. The first-order valence-electron chi connectivity index (χ1n) is 8.13. The SMILES string of the molecule is C[C@@H]1C[C@H](C)CN(Cc2csc(NC(=O)c3ccccc3)n2)C1. The molecule has 0 spiro atoms. The molecule has 122 valence electrons. The lowest BCUT2D eigenvalue weighted by molar-refractivity contribution is 0.102. The number of aromatic nitrogens is 1. The van der Waals surface area contributed by atoms with E-state index >= 15 is 0 Å². The van der Waals surface area contributed by atoms with Gasteiger partial charge in [0, 0.05) is 30.6 Å². The van der Waals surface area contributed by atoms with Gasteiger partial charge in [0.05, 0.1) is 5.69 Å². The zero-order chi connectivity index (χ0) is 16.2. The molecule has 2 heterocycles. The summed E-state index contributed by atoms with van der Waals surface area (Å²) in [5, 5.41) is 5.60. The second kappa shape index (κ2) is 7.23. The van der Waals surface area contributed by atoms with Crippen LogP contribution in [0.25, 0.3) is 0 Å². The molecule has 1 aliphatic heterocycles. The van der Waals surface area contributed by atoms with E-state index in [1.807, 2.05) is 23.6 Å². The van der Waals surface area contributed by atoms with Crippen molar-refractivity contribution >= 4 is 22.4 Å². The van der Waals surface area contributed by atoms with E-state index in [2.05, 4.69) is 29.0 Å². The van der Waals surface area contributed by atoms with Crippen molar-refractivity contribution in [3.05, 3.63) is 47.0 Å². The predicted molar refractivity (Wildman–Crippen MR) is 94.7 cm³/mol. The fraction of sp³-hybridized carbons (Fsp3) is 0.444. The van der Waals surface area contributed by atoms with Gasteiger partial charge >= 0.3 is 0 Å². The van der Waals surface area contributed by atoms with Crippen molar-refractivity contribution in [3.63, 3.8) is 0 Å². The number of carbonyl (C=O) groups is 1. The molecule has 23 heavy (non-hydrogen) atoms. The molecule has 1 amide bonds. The Kier molecular flexibility index (Phi) is 5.08. The largest absolute Gasteiger partial charge is 0.298 e. The van der Waals surface area contributed by atoms with Crippen LogP contribution in [-0.2, 0) is 6.54 Å². The highest BCUT2D eigenvalue weighted by Crippen LogP contribution is 2.24. The smallest absolute Gasteiger partial charge is 0.257 e. The molecule has 0 bridgehead atoms. The maximum Gasteiger partial charge on any atom is 0.257 e. The maximum atomic E-state index is 12.1. The Morgan fingerprint density at radius 3 is 2.65 bits per heavy atom. The van der Waals surface area contributed by atoms with Gasteiger partial charge in [-0.05, 0) is 30.4 Å². The molecule has 1 fully saturated rings. The molecule has 2 aromatic rings. The van der Waals surface area contributed by atoms with Crippen molar-refractivity contribution < 1.29 is 4.79 Å². The minimum atomic E-state index is -0.105. The van der Waals surface area contributed by atoms with E-state index < -0.39 is 0 Å². The Hall–Kier alpha value is -1.72. The molecule has 3 rings (SSSR count). The Morgan fingerprint density at radius 2 is 1.96 bits per heavy atom. The Balaban J connectivity index is 1.59. The topological polar surface area (TPSA) is 45.2 Å². The summed E-state index contributed by atoms with van der Waals surface area (Å²) < 4.78 is 0. The van der Waals surface area contributed by atoms with Crippen LogP contribution < -0.4 is 5.32 Å².